The molecule has 0 N–H and O–H groups in total. The van der Waals surface area contributed by atoms with Gasteiger partial charge in [0.1, 0.15) is 0 Å². The van der Waals surface area contributed by atoms with E-state index in [9.17, 15) is 0 Å². The molecule has 2 aliphatic rings. The van der Waals surface area contributed by atoms with Crippen molar-refractivity contribution >= 4 is 0 Å². The fourth-order valence-electron chi connectivity index (χ4n) is 3.76. The Morgan fingerprint density at radius 3 is 2.16 bits per heavy atom. The second-order valence-corrected chi connectivity index (χ2v) is 6.21. The molecule has 3 heteroatoms. The van der Waals surface area contributed by atoms with E-state index in [1.165, 1.54) is 45.2 Å². The minimum Gasteiger partial charge on any atom is -0.298 e. The molecule has 0 radical (unpaired) electrons. The van der Waals surface area contributed by atoms with Crippen LogP contribution < -0.4 is 0 Å². The zero-order valence-corrected chi connectivity index (χ0v) is 12.6. The summed E-state index contributed by atoms with van der Waals surface area (Å²) in [5, 5.41) is 9.14. The molecule has 19 heavy (non-hydrogen) atoms. The summed E-state index contributed by atoms with van der Waals surface area (Å²) in [7, 11) is 0. The molecular weight excluding hydrogens is 234 g/mol. The molecule has 108 valence electrons. The maximum absolute atomic E-state index is 9.14. The van der Waals surface area contributed by atoms with Crippen molar-refractivity contribution in [1.82, 2.24) is 9.80 Å². The lowest BCUT2D eigenvalue weighted by molar-refractivity contribution is 0.0596. The zero-order valence-electron chi connectivity index (χ0n) is 12.6. The first-order valence-electron chi connectivity index (χ1n) is 8.16. The molecule has 3 nitrogen and oxygen atoms in total. The van der Waals surface area contributed by atoms with Gasteiger partial charge in [0.15, 0.2) is 0 Å². The largest absolute Gasteiger partial charge is 0.298 e. The van der Waals surface area contributed by atoms with Crippen LogP contribution in [0, 0.1) is 17.2 Å². The number of piperazine rings is 1. The monoisotopic (exact) mass is 263 g/mol. The molecule has 1 heterocycles. The molecule has 1 unspecified atom stereocenters. The molecule has 1 saturated heterocycles. The molecule has 0 amide bonds. The van der Waals surface area contributed by atoms with E-state index in [0.29, 0.717) is 0 Å². The van der Waals surface area contributed by atoms with E-state index in [4.69, 9.17) is 5.26 Å². The van der Waals surface area contributed by atoms with Crippen LogP contribution in [-0.2, 0) is 0 Å². The summed E-state index contributed by atoms with van der Waals surface area (Å²) in [6.07, 6.45) is 7.97. The second-order valence-electron chi connectivity index (χ2n) is 6.21. The Bertz CT molecular complexity index is 294. The molecule has 1 aliphatic heterocycles. The Morgan fingerprint density at radius 2 is 1.68 bits per heavy atom. The van der Waals surface area contributed by atoms with Crippen LogP contribution in [0.25, 0.3) is 0 Å². The Morgan fingerprint density at radius 1 is 1.05 bits per heavy atom. The number of nitriles is 1. The van der Waals surface area contributed by atoms with Crippen LogP contribution in [0.5, 0.6) is 0 Å². The van der Waals surface area contributed by atoms with E-state index in [-0.39, 0.29) is 6.04 Å². The minimum atomic E-state index is 0.137. The van der Waals surface area contributed by atoms with Crippen molar-refractivity contribution in [1.29, 1.82) is 5.26 Å². The summed E-state index contributed by atoms with van der Waals surface area (Å²) < 4.78 is 0. The van der Waals surface area contributed by atoms with Gasteiger partial charge in [-0.3, -0.25) is 9.80 Å². The van der Waals surface area contributed by atoms with Gasteiger partial charge >= 0.3 is 0 Å². The number of nitrogens with zero attached hydrogens (tertiary/aromatic N) is 3. The molecule has 0 aromatic rings. The van der Waals surface area contributed by atoms with E-state index < -0.39 is 0 Å². The van der Waals surface area contributed by atoms with Crippen LogP contribution in [-0.4, -0.2) is 48.1 Å². The van der Waals surface area contributed by atoms with E-state index in [1.54, 1.807) is 0 Å². The van der Waals surface area contributed by atoms with Gasteiger partial charge in [-0.2, -0.15) is 5.26 Å². The fourth-order valence-corrected chi connectivity index (χ4v) is 3.76. The predicted octanol–water partition coefficient (Wildman–Crippen LogP) is 2.87. The highest BCUT2D eigenvalue weighted by molar-refractivity contribution is 4.93. The minimum absolute atomic E-state index is 0.137. The average molecular weight is 263 g/mol. The average Bonchev–Trinajstić information content (AvgIpc) is 2.49. The van der Waals surface area contributed by atoms with E-state index in [2.05, 4.69) is 29.7 Å². The summed E-state index contributed by atoms with van der Waals surface area (Å²) in [5.41, 5.74) is 0. The third-order valence-electron chi connectivity index (χ3n) is 5.24. The maximum atomic E-state index is 9.14. The Hall–Kier alpha value is -0.590. The molecule has 2 rings (SSSR count). The van der Waals surface area contributed by atoms with Crippen LogP contribution in [0.3, 0.4) is 0 Å². The van der Waals surface area contributed by atoms with Crippen molar-refractivity contribution in [2.24, 2.45) is 5.92 Å². The van der Waals surface area contributed by atoms with Crippen molar-refractivity contribution in [3.63, 3.8) is 0 Å². The van der Waals surface area contributed by atoms with Crippen molar-refractivity contribution in [3.8, 4) is 6.07 Å². The highest BCUT2D eigenvalue weighted by Gasteiger charge is 2.29. The third-order valence-corrected chi connectivity index (χ3v) is 5.24. The van der Waals surface area contributed by atoms with Crippen LogP contribution in [0.4, 0.5) is 0 Å². The zero-order chi connectivity index (χ0) is 13.7. The van der Waals surface area contributed by atoms with Gasteiger partial charge in [0.05, 0.1) is 12.1 Å². The standard InChI is InChI=1S/C16H29N3/c1-3-14-5-7-16(8-6-14)19-11-9-18(10-12-19)15(4-2)13-17/h14-16H,3-12H2,1-2H3. The molecule has 1 aliphatic carbocycles. The van der Waals surface area contributed by atoms with Gasteiger partial charge in [0.2, 0.25) is 0 Å². The smallest absolute Gasteiger partial charge is 0.0976 e. The third kappa shape index (κ3) is 3.70. The van der Waals surface area contributed by atoms with Gasteiger partial charge in [0.25, 0.3) is 0 Å². The Balaban J connectivity index is 1.76. The van der Waals surface area contributed by atoms with Crippen molar-refractivity contribution in [3.05, 3.63) is 0 Å². The number of rotatable bonds is 4. The highest BCUT2D eigenvalue weighted by Crippen LogP contribution is 2.30. The SMILES string of the molecule is CCC1CCC(N2CCN(C(C#N)CC)CC2)CC1. The molecule has 0 spiro atoms. The normalized spacial score (nSPS) is 31.8. The molecular formula is C16H29N3. The molecule has 1 atom stereocenters. The van der Waals surface area contributed by atoms with Crippen molar-refractivity contribution < 1.29 is 0 Å². The number of hydrogen-bond acceptors (Lipinski definition) is 3. The van der Waals surface area contributed by atoms with Crippen LogP contribution in [0.1, 0.15) is 52.4 Å². The first-order chi connectivity index (χ1) is 9.28. The molecule has 0 aromatic heterocycles. The Labute approximate surface area is 118 Å². The van der Waals surface area contributed by atoms with Gasteiger partial charge in [0, 0.05) is 32.2 Å². The van der Waals surface area contributed by atoms with Gasteiger partial charge in [-0.1, -0.05) is 20.3 Å². The van der Waals surface area contributed by atoms with E-state index in [1.807, 2.05) is 0 Å². The van der Waals surface area contributed by atoms with Gasteiger partial charge in [-0.15, -0.1) is 0 Å². The van der Waals surface area contributed by atoms with Gasteiger partial charge in [-0.25, -0.2) is 0 Å². The van der Waals surface area contributed by atoms with E-state index in [0.717, 1.165) is 31.5 Å². The summed E-state index contributed by atoms with van der Waals surface area (Å²) in [4.78, 5) is 5.06. The second kappa shape index (κ2) is 7.26. The topological polar surface area (TPSA) is 30.3 Å². The van der Waals surface area contributed by atoms with Gasteiger partial charge in [-0.05, 0) is 38.0 Å². The molecule has 0 bridgehead atoms. The fraction of sp³-hybridized carbons (Fsp3) is 0.938. The van der Waals surface area contributed by atoms with Crippen LogP contribution in [0.15, 0.2) is 0 Å². The van der Waals surface area contributed by atoms with Gasteiger partial charge < -0.3 is 0 Å². The van der Waals surface area contributed by atoms with Crippen molar-refractivity contribution in [2.45, 2.75) is 64.5 Å². The lowest BCUT2D eigenvalue weighted by Crippen LogP contribution is -2.53. The lowest BCUT2D eigenvalue weighted by Gasteiger charge is -2.42. The summed E-state index contributed by atoms with van der Waals surface area (Å²) in [6.45, 7) is 8.95. The first kappa shape index (κ1) is 14.8. The van der Waals surface area contributed by atoms with Crippen LogP contribution in [0.2, 0.25) is 0 Å². The highest BCUT2D eigenvalue weighted by atomic mass is 15.3. The lowest BCUT2D eigenvalue weighted by atomic mass is 9.84. The van der Waals surface area contributed by atoms with E-state index >= 15 is 0 Å². The molecule has 2 fully saturated rings. The summed E-state index contributed by atoms with van der Waals surface area (Å²) in [5.74, 6) is 0.987. The first-order valence-corrected chi connectivity index (χ1v) is 8.16. The summed E-state index contributed by atoms with van der Waals surface area (Å²) in [6, 6.07) is 3.40. The quantitative estimate of drug-likeness (QED) is 0.781. The van der Waals surface area contributed by atoms with Crippen LogP contribution >= 0.6 is 0 Å². The Kier molecular flexibility index (Phi) is 5.66. The van der Waals surface area contributed by atoms with Crippen molar-refractivity contribution in [2.75, 3.05) is 26.2 Å². The summed E-state index contributed by atoms with van der Waals surface area (Å²) >= 11 is 0. The maximum Gasteiger partial charge on any atom is 0.0976 e. The number of hydrogen-bond donors (Lipinski definition) is 0. The molecule has 1 saturated carbocycles. The predicted molar refractivity (Wildman–Crippen MR) is 78.9 cm³/mol. The molecule has 0 aromatic carbocycles.